The van der Waals surface area contributed by atoms with Gasteiger partial charge in [0.15, 0.2) is 11.5 Å². The second kappa shape index (κ2) is 5.96. The van der Waals surface area contributed by atoms with Crippen LogP contribution >= 0.6 is 11.6 Å². The highest BCUT2D eigenvalue weighted by Crippen LogP contribution is 2.56. The molecule has 3 nitrogen and oxygen atoms in total. The Labute approximate surface area is 131 Å². The Morgan fingerprint density at radius 3 is 2.29 bits per heavy atom. The van der Waals surface area contributed by atoms with Gasteiger partial charge in [0.05, 0.1) is 26.7 Å². The van der Waals surface area contributed by atoms with E-state index in [0.717, 1.165) is 17.4 Å². The summed E-state index contributed by atoms with van der Waals surface area (Å²) in [6.45, 7) is 0. The molecule has 1 aromatic carbocycles. The third-order valence-electron chi connectivity index (χ3n) is 5.20. The first kappa shape index (κ1) is 14.8. The molecular weight excluding hydrogens is 288 g/mol. The average molecular weight is 311 g/mol. The van der Waals surface area contributed by atoms with Crippen LogP contribution in [0.3, 0.4) is 0 Å². The van der Waals surface area contributed by atoms with E-state index >= 15 is 0 Å². The number of rotatable bonds is 5. The van der Waals surface area contributed by atoms with E-state index in [0.29, 0.717) is 23.2 Å². The van der Waals surface area contributed by atoms with Crippen LogP contribution in [0.15, 0.2) is 12.1 Å². The largest absolute Gasteiger partial charge is 0.493 e. The van der Waals surface area contributed by atoms with E-state index < -0.39 is 0 Å². The Balaban J connectivity index is 1.94. The van der Waals surface area contributed by atoms with Crippen molar-refractivity contribution in [3.63, 3.8) is 0 Å². The normalized spacial score (nSPS) is 28.5. The topological polar surface area (TPSA) is 27.7 Å². The van der Waals surface area contributed by atoms with Gasteiger partial charge < -0.3 is 14.2 Å². The molecule has 2 aliphatic rings. The summed E-state index contributed by atoms with van der Waals surface area (Å²) in [5.41, 5.74) is 1.02. The van der Waals surface area contributed by atoms with Crippen LogP contribution in [0.1, 0.15) is 36.6 Å². The first-order chi connectivity index (χ1) is 10.2. The maximum Gasteiger partial charge on any atom is 0.203 e. The molecule has 0 aliphatic heterocycles. The van der Waals surface area contributed by atoms with Crippen molar-refractivity contribution in [1.82, 2.24) is 0 Å². The van der Waals surface area contributed by atoms with E-state index in [1.807, 2.05) is 12.1 Å². The molecule has 0 amide bonds. The summed E-state index contributed by atoms with van der Waals surface area (Å²) in [5, 5.41) is -0.0185. The van der Waals surface area contributed by atoms with Crippen molar-refractivity contribution in [2.24, 2.45) is 17.8 Å². The van der Waals surface area contributed by atoms with Crippen molar-refractivity contribution in [1.29, 1.82) is 0 Å². The molecule has 0 saturated heterocycles. The molecule has 0 radical (unpaired) electrons. The van der Waals surface area contributed by atoms with Gasteiger partial charge in [-0.2, -0.15) is 0 Å². The fraction of sp³-hybridized carbons (Fsp3) is 0.647. The number of benzene rings is 1. The second-order valence-electron chi connectivity index (χ2n) is 6.16. The molecule has 4 atom stereocenters. The van der Waals surface area contributed by atoms with Crippen LogP contribution in [-0.2, 0) is 0 Å². The average Bonchev–Trinajstić information content (AvgIpc) is 3.15. The van der Waals surface area contributed by atoms with Crippen molar-refractivity contribution in [3.8, 4) is 17.2 Å². The van der Waals surface area contributed by atoms with Crippen molar-refractivity contribution >= 4 is 11.6 Å². The Morgan fingerprint density at radius 1 is 1.00 bits per heavy atom. The molecule has 2 fully saturated rings. The van der Waals surface area contributed by atoms with E-state index in [9.17, 15) is 0 Å². The van der Waals surface area contributed by atoms with Crippen LogP contribution in [0.2, 0.25) is 0 Å². The highest BCUT2D eigenvalue weighted by Gasteiger charge is 2.43. The summed E-state index contributed by atoms with van der Waals surface area (Å²) in [6.07, 6.45) is 5.31. The lowest BCUT2D eigenvalue weighted by Gasteiger charge is -2.28. The fourth-order valence-electron chi connectivity index (χ4n) is 4.22. The van der Waals surface area contributed by atoms with E-state index in [1.165, 1.54) is 25.7 Å². The molecule has 2 bridgehead atoms. The molecule has 4 heteroatoms. The number of alkyl halides is 1. The summed E-state index contributed by atoms with van der Waals surface area (Å²) < 4.78 is 16.4. The van der Waals surface area contributed by atoms with Crippen LogP contribution in [0.5, 0.6) is 17.2 Å². The minimum absolute atomic E-state index is 0.0185. The predicted octanol–water partition coefficient (Wildman–Crippen LogP) is 4.43. The molecule has 116 valence electrons. The van der Waals surface area contributed by atoms with Crippen LogP contribution < -0.4 is 14.2 Å². The van der Waals surface area contributed by atoms with Crippen molar-refractivity contribution in [3.05, 3.63) is 17.7 Å². The Bertz CT molecular complexity index is 517. The number of hydrogen-bond acceptors (Lipinski definition) is 3. The predicted molar refractivity (Wildman–Crippen MR) is 83.6 cm³/mol. The third-order valence-corrected chi connectivity index (χ3v) is 5.76. The molecule has 3 rings (SSSR count). The van der Waals surface area contributed by atoms with Crippen molar-refractivity contribution < 1.29 is 14.2 Å². The zero-order valence-electron chi connectivity index (χ0n) is 12.9. The van der Waals surface area contributed by atoms with Gasteiger partial charge in [0.2, 0.25) is 5.75 Å². The minimum Gasteiger partial charge on any atom is -0.493 e. The van der Waals surface area contributed by atoms with Crippen LogP contribution in [0, 0.1) is 17.8 Å². The molecule has 21 heavy (non-hydrogen) atoms. The molecular formula is C17H23ClO3. The lowest BCUT2D eigenvalue weighted by molar-refractivity contribution is 0.304. The summed E-state index contributed by atoms with van der Waals surface area (Å²) in [7, 11) is 4.92. The maximum absolute atomic E-state index is 6.84. The summed E-state index contributed by atoms with van der Waals surface area (Å²) in [5.74, 6) is 4.22. The Morgan fingerprint density at radius 2 is 1.76 bits per heavy atom. The number of hydrogen-bond donors (Lipinski definition) is 0. The van der Waals surface area contributed by atoms with Gasteiger partial charge in [-0.25, -0.2) is 0 Å². The lowest BCUT2D eigenvalue weighted by atomic mass is 9.83. The number of methoxy groups -OCH3 is 3. The first-order valence-electron chi connectivity index (χ1n) is 7.62. The monoisotopic (exact) mass is 310 g/mol. The van der Waals surface area contributed by atoms with Gasteiger partial charge in [-0.1, -0.05) is 6.42 Å². The van der Waals surface area contributed by atoms with E-state index in [2.05, 4.69) is 0 Å². The van der Waals surface area contributed by atoms with E-state index in [-0.39, 0.29) is 5.38 Å². The Hall–Kier alpha value is -1.09. The molecule has 0 heterocycles. The van der Waals surface area contributed by atoms with Crippen molar-refractivity contribution in [2.75, 3.05) is 21.3 Å². The standard InChI is InChI=1S/C17H23ClO3/c1-19-14-7-6-12(16(20-2)17(14)21-3)15(18)13-9-10-4-5-11(13)8-10/h6-7,10-11,13,15H,4-5,8-9H2,1-3H3. The summed E-state index contributed by atoms with van der Waals surface area (Å²) in [4.78, 5) is 0. The first-order valence-corrected chi connectivity index (χ1v) is 8.06. The molecule has 0 spiro atoms. The summed E-state index contributed by atoms with van der Waals surface area (Å²) >= 11 is 6.84. The smallest absolute Gasteiger partial charge is 0.203 e. The molecule has 0 aromatic heterocycles. The zero-order valence-corrected chi connectivity index (χ0v) is 13.7. The van der Waals surface area contributed by atoms with Crippen LogP contribution in [0.4, 0.5) is 0 Å². The quantitative estimate of drug-likeness (QED) is 0.753. The molecule has 0 N–H and O–H groups in total. The van der Waals surface area contributed by atoms with Gasteiger partial charge in [-0.05, 0) is 49.1 Å². The molecule has 4 unspecified atom stereocenters. The third kappa shape index (κ3) is 2.46. The summed E-state index contributed by atoms with van der Waals surface area (Å²) in [6, 6.07) is 3.93. The van der Waals surface area contributed by atoms with E-state index in [4.69, 9.17) is 25.8 Å². The van der Waals surface area contributed by atoms with Gasteiger partial charge in [0.1, 0.15) is 0 Å². The number of fused-ring (bicyclic) bond motifs is 2. The van der Waals surface area contributed by atoms with E-state index in [1.54, 1.807) is 21.3 Å². The lowest BCUT2D eigenvalue weighted by Crippen LogP contribution is -2.16. The number of ether oxygens (including phenoxy) is 3. The SMILES string of the molecule is COc1ccc(C(Cl)C2CC3CCC2C3)c(OC)c1OC. The van der Waals surface area contributed by atoms with Gasteiger partial charge in [0.25, 0.3) is 0 Å². The Kier molecular flexibility index (Phi) is 4.21. The number of halogens is 1. The fourth-order valence-corrected chi connectivity index (χ4v) is 4.71. The zero-order chi connectivity index (χ0) is 15.0. The van der Waals surface area contributed by atoms with Crippen LogP contribution in [0.25, 0.3) is 0 Å². The molecule has 2 aliphatic carbocycles. The van der Waals surface area contributed by atoms with Crippen molar-refractivity contribution in [2.45, 2.75) is 31.1 Å². The minimum atomic E-state index is -0.0185. The molecule has 1 aromatic rings. The van der Waals surface area contributed by atoms with Crippen LogP contribution in [-0.4, -0.2) is 21.3 Å². The highest BCUT2D eigenvalue weighted by atomic mass is 35.5. The van der Waals surface area contributed by atoms with Gasteiger partial charge >= 0.3 is 0 Å². The second-order valence-corrected chi connectivity index (χ2v) is 6.63. The maximum atomic E-state index is 6.84. The van der Waals surface area contributed by atoms with Gasteiger partial charge in [0, 0.05) is 5.56 Å². The van der Waals surface area contributed by atoms with Gasteiger partial charge in [-0.3, -0.25) is 0 Å². The molecule has 2 saturated carbocycles. The highest BCUT2D eigenvalue weighted by molar-refractivity contribution is 6.21. The van der Waals surface area contributed by atoms with Gasteiger partial charge in [-0.15, -0.1) is 11.6 Å².